The number of hydrogen-bond donors (Lipinski definition) is 1. The summed E-state index contributed by atoms with van der Waals surface area (Å²) in [6.45, 7) is 1.95. The maximum atomic E-state index is 13.1. The highest BCUT2D eigenvalue weighted by molar-refractivity contribution is 9.10. The molecule has 2 aromatic carbocycles. The molecule has 1 nitrogen and oxygen atoms in total. The average Bonchev–Trinajstić information content (AvgIpc) is 2.33. The molecule has 0 radical (unpaired) electrons. The molecule has 1 atom stereocenters. The van der Waals surface area contributed by atoms with Crippen LogP contribution < -0.4 is 5.73 Å². The van der Waals surface area contributed by atoms with E-state index in [4.69, 9.17) is 17.3 Å². The summed E-state index contributed by atoms with van der Waals surface area (Å²) in [7, 11) is 0. The molecule has 0 aromatic heterocycles. The standard InChI is InChI=1S/C15H14BrClFN/c1-15(19,11-3-5-12(17)6-4-11)9-10-2-7-13(18)8-14(10)16/h2-8H,9,19H2,1H3. The van der Waals surface area contributed by atoms with Crippen LogP contribution in [0.3, 0.4) is 0 Å². The van der Waals surface area contributed by atoms with E-state index in [9.17, 15) is 4.39 Å². The molecule has 2 N–H and O–H groups in total. The number of rotatable bonds is 3. The summed E-state index contributed by atoms with van der Waals surface area (Å²) in [4.78, 5) is 0. The quantitative estimate of drug-likeness (QED) is 0.862. The van der Waals surface area contributed by atoms with E-state index in [1.165, 1.54) is 12.1 Å². The fourth-order valence-corrected chi connectivity index (χ4v) is 2.61. The van der Waals surface area contributed by atoms with Crippen LogP contribution in [0.15, 0.2) is 46.9 Å². The van der Waals surface area contributed by atoms with Crippen LogP contribution in [0.2, 0.25) is 5.02 Å². The Morgan fingerprint density at radius 3 is 2.42 bits per heavy atom. The summed E-state index contributed by atoms with van der Waals surface area (Å²) in [5, 5.41) is 0.683. The summed E-state index contributed by atoms with van der Waals surface area (Å²) < 4.78 is 13.8. The van der Waals surface area contributed by atoms with Gasteiger partial charge in [0, 0.05) is 15.0 Å². The monoisotopic (exact) mass is 341 g/mol. The number of hydrogen-bond acceptors (Lipinski definition) is 1. The second-order valence-corrected chi connectivity index (χ2v) is 6.13. The van der Waals surface area contributed by atoms with Gasteiger partial charge in [-0.2, -0.15) is 0 Å². The van der Waals surface area contributed by atoms with Gasteiger partial charge in [-0.3, -0.25) is 0 Å². The van der Waals surface area contributed by atoms with E-state index >= 15 is 0 Å². The molecule has 0 saturated carbocycles. The van der Waals surface area contributed by atoms with Gasteiger partial charge in [-0.25, -0.2) is 4.39 Å². The molecule has 19 heavy (non-hydrogen) atoms. The first-order valence-corrected chi connectivity index (χ1v) is 7.04. The normalized spacial score (nSPS) is 14.2. The van der Waals surface area contributed by atoms with E-state index < -0.39 is 5.54 Å². The largest absolute Gasteiger partial charge is 0.321 e. The first-order chi connectivity index (χ1) is 8.88. The Balaban J connectivity index is 2.27. The van der Waals surface area contributed by atoms with Crippen molar-refractivity contribution in [2.45, 2.75) is 18.9 Å². The van der Waals surface area contributed by atoms with Crippen LogP contribution in [0.1, 0.15) is 18.1 Å². The SMILES string of the molecule is CC(N)(Cc1ccc(F)cc1Br)c1ccc(Cl)cc1. The fourth-order valence-electron chi connectivity index (χ4n) is 1.99. The maximum absolute atomic E-state index is 13.1. The molecule has 0 heterocycles. The van der Waals surface area contributed by atoms with Crippen molar-refractivity contribution in [1.82, 2.24) is 0 Å². The molecule has 0 spiro atoms. The van der Waals surface area contributed by atoms with Gasteiger partial charge < -0.3 is 5.73 Å². The van der Waals surface area contributed by atoms with Crippen LogP contribution in [0.5, 0.6) is 0 Å². The molecule has 2 rings (SSSR count). The Kier molecular flexibility index (Phi) is 4.29. The Bertz CT molecular complexity index is 581. The lowest BCUT2D eigenvalue weighted by Gasteiger charge is -2.26. The van der Waals surface area contributed by atoms with Gasteiger partial charge >= 0.3 is 0 Å². The van der Waals surface area contributed by atoms with Crippen molar-refractivity contribution in [2.75, 3.05) is 0 Å². The van der Waals surface area contributed by atoms with Crippen LogP contribution in [-0.2, 0) is 12.0 Å². The topological polar surface area (TPSA) is 26.0 Å². The van der Waals surface area contributed by atoms with Gasteiger partial charge in [0.15, 0.2) is 0 Å². The van der Waals surface area contributed by atoms with Crippen molar-refractivity contribution in [3.63, 3.8) is 0 Å². The minimum Gasteiger partial charge on any atom is -0.321 e. The minimum atomic E-state index is -0.537. The van der Waals surface area contributed by atoms with Gasteiger partial charge in [0.2, 0.25) is 0 Å². The van der Waals surface area contributed by atoms with Crippen molar-refractivity contribution >= 4 is 27.5 Å². The van der Waals surface area contributed by atoms with E-state index in [0.717, 1.165) is 15.6 Å². The zero-order chi connectivity index (χ0) is 14.0. The molecule has 100 valence electrons. The number of halogens is 3. The molecular weight excluding hydrogens is 329 g/mol. The van der Waals surface area contributed by atoms with Crippen molar-refractivity contribution < 1.29 is 4.39 Å². The molecule has 4 heteroatoms. The molecule has 0 aliphatic rings. The van der Waals surface area contributed by atoms with Gasteiger partial charge in [-0.15, -0.1) is 0 Å². The molecular formula is C15H14BrClFN. The second kappa shape index (κ2) is 5.61. The zero-order valence-corrected chi connectivity index (χ0v) is 12.8. The van der Waals surface area contributed by atoms with Crippen molar-refractivity contribution in [3.8, 4) is 0 Å². The molecule has 0 aliphatic heterocycles. The third kappa shape index (κ3) is 3.56. The second-order valence-electron chi connectivity index (χ2n) is 4.84. The van der Waals surface area contributed by atoms with Gasteiger partial charge in [0.1, 0.15) is 5.82 Å². The number of nitrogens with two attached hydrogens (primary N) is 1. The lowest BCUT2D eigenvalue weighted by atomic mass is 9.87. The Labute approximate surface area is 125 Å². The summed E-state index contributed by atoms with van der Waals surface area (Å²) >= 11 is 9.24. The van der Waals surface area contributed by atoms with Crippen molar-refractivity contribution in [2.24, 2.45) is 5.73 Å². The molecule has 1 unspecified atom stereocenters. The van der Waals surface area contributed by atoms with Gasteiger partial charge in [0.25, 0.3) is 0 Å². The van der Waals surface area contributed by atoms with E-state index in [1.54, 1.807) is 6.07 Å². The van der Waals surface area contributed by atoms with Gasteiger partial charge in [0.05, 0.1) is 0 Å². The van der Waals surface area contributed by atoms with Gasteiger partial charge in [-0.05, 0) is 48.7 Å². The minimum absolute atomic E-state index is 0.263. The molecule has 0 bridgehead atoms. The Hall–Kier alpha value is -0.900. The lowest BCUT2D eigenvalue weighted by Crippen LogP contribution is -2.35. The summed E-state index contributed by atoms with van der Waals surface area (Å²) in [5.41, 5.74) is 7.80. The predicted octanol–water partition coefficient (Wildman–Crippen LogP) is 4.66. The third-order valence-electron chi connectivity index (χ3n) is 3.08. The van der Waals surface area contributed by atoms with Crippen molar-refractivity contribution in [1.29, 1.82) is 0 Å². The first-order valence-electron chi connectivity index (χ1n) is 5.87. The summed E-state index contributed by atoms with van der Waals surface area (Å²) in [5.74, 6) is -0.263. The van der Waals surface area contributed by atoms with E-state index in [0.29, 0.717) is 11.4 Å². The smallest absolute Gasteiger partial charge is 0.124 e. The van der Waals surface area contributed by atoms with Crippen LogP contribution in [-0.4, -0.2) is 0 Å². The molecule has 0 fully saturated rings. The molecule has 2 aromatic rings. The predicted molar refractivity (Wildman–Crippen MR) is 80.8 cm³/mol. The van der Waals surface area contributed by atoms with E-state index in [2.05, 4.69) is 15.9 Å². The molecule has 0 amide bonds. The third-order valence-corrected chi connectivity index (χ3v) is 4.07. The zero-order valence-electron chi connectivity index (χ0n) is 10.5. The Morgan fingerprint density at radius 2 is 1.84 bits per heavy atom. The number of benzene rings is 2. The maximum Gasteiger partial charge on any atom is 0.124 e. The highest BCUT2D eigenvalue weighted by Gasteiger charge is 2.22. The molecule has 0 aliphatic carbocycles. The van der Waals surface area contributed by atoms with Crippen LogP contribution in [0, 0.1) is 5.82 Å². The van der Waals surface area contributed by atoms with E-state index in [-0.39, 0.29) is 5.82 Å². The van der Waals surface area contributed by atoms with Crippen LogP contribution >= 0.6 is 27.5 Å². The summed E-state index contributed by atoms with van der Waals surface area (Å²) in [6, 6.07) is 12.1. The Morgan fingerprint density at radius 1 is 1.21 bits per heavy atom. The fraction of sp³-hybridized carbons (Fsp3) is 0.200. The highest BCUT2D eigenvalue weighted by Crippen LogP contribution is 2.28. The van der Waals surface area contributed by atoms with Crippen LogP contribution in [0.25, 0.3) is 0 Å². The highest BCUT2D eigenvalue weighted by atomic mass is 79.9. The lowest BCUT2D eigenvalue weighted by molar-refractivity contribution is 0.490. The van der Waals surface area contributed by atoms with E-state index in [1.807, 2.05) is 31.2 Å². The average molecular weight is 343 g/mol. The summed E-state index contributed by atoms with van der Waals surface area (Å²) in [6.07, 6.45) is 0.607. The van der Waals surface area contributed by atoms with Gasteiger partial charge in [-0.1, -0.05) is 45.7 Å². The molecule has 0 saturated heterocycles. The van der Waals surface area contributed by atoms with Crippen LogP contribution in [0.4, 0.5) is 4.39 Å². The first kappa shape index (κ1) is 14.5. The van der Waals surface area contributed by atoms with Crippen molar-refractivity contribution in [3.05, 3.63) is 68.9 Å².